The lowest BCUT2D eigenvalue weighted by Gasteiger charge is -2.41. The zero-order valence-corrected chi connectivity index (χ0v) is 13.3. The van der Waals surface area contributed by atoms with Crippen molar-refractivity contribution in [2.24, 2.45) is 5.41 Å². The number of hydrogen-bond acceptors (Lipinski definition) is 2. The van der Waals surface area contributed by atoms with Gasteiger partial charge in [-0.1, -0.05) is 26.7 Å². The number of piperidine rings is 1. The van der Waals surface area contributed by atoms with E-state index in [-0.39, 0.29) is 0 Å². The van der Waals surface area contributed by atoms with Gasteiger partial charge in [0.1, 0.15) is 5.82 Å². The Morgan fingerprint density at radius 2 is 1.89 bits per heavy atom. The molecule has 0 unspecified atom stereocenters. The summed E-state index contributed by atoms with van der Waals surface area (Å²) in [5.74, 6) is 1.12. The Kier molecular flexibility index (Phi) is 4.31. The number of pyridine rings is 1. The Bertz CT molecular complexity index is 403. The lowest BCUT2D eigenvalue weighted by Crippen LogP contribution is -2.40. The molecular formula is C15H23BrN2. The molecule has 1 aliphatic rings. The number of rotatable bonds is 3. The van der Waals surface area contributed by atoms with Gasteiger partial charge in [-0.3, -0.25) is 0 Å². The second-order valence-corrected chi connectivity index (χ2v) is 6.25. The van der Waals surface area contributed by atoms with Crippen molar-refractivity contribution in [3.63, 3.8) is 0 Å². The topological polar surface area (TPSA) is 16.1 Å². The van der Waals surface area contributed by atoms with E-state index in [1.807, 2.05) is 6.20 Å². The molecule has 2 heterocycles. The lowest BCUT2D eigenvalue weighted by atomic mass is 9.74. The van der Waals surface area contributed by atoms with Crippen LogP contribution in [-0.2, 0) is 0 Å². The van der Waals surface area contributed by atoms with Crippen LogP contribution in [0.15, 0.2) is 16.7 Å². The average Bonchev–Trinajstić information content (AvgIpc) is 2.42. The number of anilines is 1. The van der Waals surface area contributed by atoms with E-state index in [1.54, 1.807) is 0 Å². The molecule has 2 nitrogen and oxygen atoms in total. The first kappa shape index (κ1) is 13.9. The highest BCUT2D eigenvalue weighted by atomic mass is 79.9. The van der Waals surface area contributed by atoms with Gasteiger partial charge in [0, 0.05) is 19.3 Å². The monoisotopic (exact) mass is 310 g/mol. The fourth-order valence-corrected chi connectivity index (χ4v) is 3.38. The summed E-state index contributed by atoms with van der Waals surface area (Å²) in [6, 6.07) is 2.06. The van der Waals surface area contributed by atoms with E-state index in [1.165, 1.54) is 31.2 Å². The molecule has 18 heavy (non-hydrogen) atoms. The third-order valence-electron chi connectivity index (χ3n) is 4.69. The number of nitrogens with zero attached hydrogens (tertiary/aromatic N) is 2. The van der Waals surface area contributed by atoms with E-state index in [4.69, 9.17) is 0 Å². The predicted molar refractivity (Wildman–Crippen MR) is 81.1 cm³/mol. The highest BCUT2D eigenvalue weighted by molar-refractivity contribution is 9.10. The summed E-state index contributed by atoms with van der Waals surface area (Å²) in [5.41, 5.74) is 1.84. The van der Waals surface area contributed by atoms with Crippen molar-refractivity contribution in [2.75, 3.05) is 18.0 Å². The van der Waals surface area contributed by atoms with Gasteiger partial charge in [-0.15, -0.1) is 0 Å². The molecule has 0 atom stereocenters. The van der Waals surface area contributed by atoms with Crippen molar-refractivity contribution in [1.29, 1.82) is 0 Å². The van der Waals surface area contributed by atoms with E-state index < -0.39 is 0 Å². The van der Waals surface area contributed by atoms with Crippen LogP contribution in [0, 0.1) is 12.3 Å². The second-order valence-electron chi connectivity index (χ2n) is 5.46. The van der Waals surface area contributed by atoms with E-state index >= 15 is 0 Å². The van der Waals surface area contributed by atoms with Gasteiger partial charge in [0.2, 0.25) is 0 Å². The van der Waals surface area contributed by atoms with Crippen LogP contribution in [0.5, 0.6) is 0 Å². The van der Waals surface area contributed by atoms with Gasteiger partial charge in [-0.25, -0.2) is 4.98 Å². The third kappa shape index (κ3) is 2.56. The second kappa shape index (κ2) is 5.60. The summed E-state index contributed by atoms with van der Waals surface area (Å²) in [6.07, 6.45) is 7.11. The Balaban J connectivity index is 2.12. The van der Waals surface area contributed by atoms with E-state index in [0.29, 0.717) is 5.41 Å². The molecule has 0 aromatic carbocycles. The summed E-state index contributed by atoms with van der Waals surface area (Å²) in [6.45, 7) is 9.06. The Labute approximate surface area is 119 Å². The number of hydrogen-bond donors (Lipinski definition) is 0. The number of halogens is 1. The molecule has 0 saturated carbocycles. The fraction of sp³-hybridized carbons (Fsp3) is 0.667. The maximum atomic E-state index is 4.54. The SMILES string of the molecule is CCC1(CC)CCN(c2nccc(C)c2Br)CC1. The Morgan fingerprint density at radius 1 is 1.28 bits per heavy atom. The number of aromatic nitrogens is 1. The van der Waals surface area contributed by atoms with Gasteiger partial charge >= 0.3 is 0 Å². The van der Waals surface area contributed by atoms with Crippen molar-refractivity contribution in [1.82, 2.24) is 4.98 Å². The summed E-state index contributed by atoms with van der Waals surface area (Å²) < 4.78 is 1.16. The summed E-state index contributed by atoms with van der Waals surface area (Å²) in [4.78, 5) is 6.97. The molecule has 2 rings (SSSR count). The molecule has 1 saturated heterocycles. The van der Waals surface area contributed by atoms with Gasteiger partial charge < -0.3 is 4.90 Å². The van der Waals surface area contributed by atoms with Gasteiger partial charge in [0.15, 0.2) is 0 Å². The molecule has 1 aromatic rings. The molecule has 3 heteroatoms. The Morgan fingerprint density at radius 3 is 2.44 bits per heavy atom. The standard InChI is InChI=1S/C15H23BrN2/c1-4-15(5-2)7-10-18(11-8-15)14-13(16)12(3)6-9-17-14/h6,9H,4-5,7-8,10-11H2,1-3H3. The molecule has 1 aliphatic heterocycles. The van der Waals surface area contributed by atoms with Gasteiger partial charge in [0.25, 0.3) is 0 Å². The maximum Gasteiger partial charge on any atom is 0.143 e. The quantitative estimate of drug-likeness (QED) is 0.813. The van der Waals surface area contributed by atoms with Crippen molar-refractivity contribution >= 4 is 21.7 Å². The highest BCUT2D eigenvalue weighted by Crippen LogP contribution is 2.40. The average molecular weight is 311 g/mol. The first-order valence-corrected chi connectivity index (χ1v) is 7.77. The fourth-order valence-electron chi connectivity index (χ4n) is 2.90. The van der Waals surface area contributed by atoms with Gasteiger partial charge in [-0.2, -0.15) is 0 Å². The molecule has 0 radical (unpaired) electrons. The smallest absolute Gasteiger partial charge is 0.143 e. The zero-order chi connectivity index (χ0) is 13.2. The first-order chi connectivity index (χ1) is 8.62. The molecule has 0 aliphatic carbocycles. The Hall–Kier alpha value is -0.570. The molecule has 100 valence electrons. The first-order valence-electron chi connectivity index (χ1n) is 6.98. The molecule has 1 aromatic heterocycles. The normalized spacial score (nSPS) is 19.0. The van der Waals surface area contributed by atoms with Crippen LogP contribution in [-0.4, -0.2) is 18.1 Å². The van der Waals surface area contributed by atoms with Crippen molar-refractivity contribution < 1.29 is 0 Å². The van der Waals surface area contributed by atoms with Gasteiger partial charge in [-0.05, 0) is 52.7 Å². The minimum Gasteiger partial charge on any atom is -0.356 e. The van der Waals surface area contributed by atoms with Crippen LogP contribution >= 0.6 is 15.9 Å². The number of aryl methyl sites for hydroxylation is 1. The maximum absolute atomic E-state index is 4.54. The van der Waals surface area contributed by atoms with E-state index in [9.17, 15) is 0 Å². The van der Waals surface area contributed by atoms with Crippen molar-refractivity contribution in [3.8, 4) is 0 Å². The predicted octanol–water partition coefficient (Wildman–Crippen LogP) is 4.56. The van der Waals surface area contributed by atoms with Crippen LogP contribution in [0.4, 0.5) is 5.82 Å². The van der Waals surface area contributed by atoms with Crippen molar-refractivity contribution in [2.45, 2.75) is 46.5 Å². The molecule has 0 spiro atoms. The largest absolute Gasteiger partial charge is 0.356 e. The van der Waals surface area contributed by atoms with E-state index in [0.717, 1.165) is 23.4 Å². The lowest BCUT2D eigenvalue weighted by molar-refractivity contribution is 0.199. The van der Waals surface area contributed by atoms with Crippen molar-refractivity contribution in [3.05, 3.63) is 22.3 Å². The third-order valence-corrected chi connectivity index (χ3v) is 5.67. The summed E-state index contributed by atoms with van der Waals surface area (Å²) in [5, 5.41) is 0. The van der Waals surface area contributed by atoms with E-state index in [2.05, 4.69) is 52.7 Å². The molecular weight excluding hydrogens is 288 g/mol. The minimum absolute atomic E-state index is 0.576. The summed E-state index contributed by atoms with van der Waals surface area (Å²) >= 11 is 3.67. The molecule has 0 bridgehead atoms. The molecule has 0 amide bonds. The van der Waals surface area contributed by atoms with Crippen LogP contribution in [0.25, 0.3) is 0 Å². The van der Waals surface area contributed by atoms with Crippen LogP contribution in [0.3, 0.4) is 0 Å². The zero-order valence-electron chi connectivity index (χ0n) is 11.7. The molecule has 1 fully saturated rings. The van der Waals surface area contributed by atoms with Crippen LogP contribution in [0.1, 0.15) is 45.1 Å². The summed E-state index contributed by atoms with van der Waals surface area (Å²) in [7, 11) is 0. The highest BCUT2D eigenvalue weighted by Gasteiger charge is 2.32. The minimum atomic E-state index is 0.576. The van der Waals surface area contributed by atoms with Crippen LogP contribution < -0.4 is 4.90 Å². The molecule has 0 N–H and O–H groups in total. The van der Waals surface area contributed by atoms with Crippen LogP contribution in [0.2, 0.25) is 0 Å². The van der Waals surface area contributed by atoms with Gasteiger partial charge in [0.05, 0.1) is 4.47 Å².